The number of rotatable bonds is 5. The van der Waals surface area contributed by atoms with Crippen LogP contribution in [0.2, 0.25) is 0 Å². The lowest BCUT2D eigenvalue weighted by molar-refractivity contribution is -0.00964. The van der Waals surface area contributed by atoms with Crippen molar-refractivity contribution in [3.05, 3.63) is 34.9 Å². The van der Waals surface area contributed by atoms with Gasteiger partial charge in [0.1, 0.15) is 11.6 Å². The average molecular weight is 283 g/mol. The van der Waals surface area contributed by atoms with E-state index in [0.29, 0.717) is 12.2 Å². The average Bonchev–Trinajstić information content (AvgIpc) is 2.47. The number of aryl methyl sites for hydroxylation is 1. The fourth-order valence-corrected chi connectivity index (χ4v) is 2.71. The summed E-state index contributed by atoms with van der Waals surface area (Å²) in [6.07, 6.45) is 3.67. The molecule has 0 bridgehead atoms. The predicted octanol–water partition coefficient (Wildman–Crippen LogP) is 3.88. The first-order chi connectivity index (χ1) is 9.65. The third kappa shape index (κ3) is 3.36. The Morgan fingerprint density at radius 1 is 1.35 bits per heavy atom. The summed E-state index contributed by atoms with van der Waals surface area (Å²) in [6.45, 7) is 5.09. The van der Waals surface area contributed by atoms with E-state index in [-0.39, 0.29) is 11.7 Å². The van der Waals surface area contributed by atoms with Crippen LogP contribution >= 0.6 is 0 Å². The fourth-order valence-electron chi connectivity index (χ4n) is 2.71. The molecule has 0 aromatic heterocycles. The molecule has 20 heavy (non-hydrogen) atoms. The predicted molar refractivity (Wildman–Crippen MR) is 75.7 cm³/mol. The van der Waals surface area contributed by atoms with Gasteiger partial charge in [0.25, 0.3) is 0 Å². The molecule has 112 valence electrons. The second-order valence-electron chi connectivity index (χ2n) is 5.43. The summed E-state index contributed by atoms with van der Waals surface area (Å²) < 4.78 is 34.2. The Hall–Kier alpha value is -1.00. The van der Waals surface area contributed by atoms with E-state index in [0.717, 1.165) is 32.2 Å². The molecule has 0 amide bonds. The third-order valence-electron chi connectivity index (χ3n) is 3.83. The maximum Gasteiger partial charge on any atom is 0.133 e. The minimum atomic E-state index is -0.490. The fraction of sp³-hybridized carbons (Fsp3) is 0.625. The van der Waals surface area contributed by atoms with E-state index < -0.39 is 17.7 Å². The highest BCUT2D eigenvalue weighted by Gasteiger charge is 2.30. The van der Waals surface area contributed by atoms with Gasteiger partial charge in [0.2, 0.25) is 0 Å². The SMILES string of the molecule is CCCNC(c1c(F)ccc(C)c1F)C1CCCCO1. The second kappa shape index (κ2) is 7.14. The molecule has 0 saturated carbocycles. The number of ether oxygens (including phenoxy) is 1. The zero-order valence-electron chi connectivity index (χ0n) is 12.2. The van der Waals surface area contributed by atoms with Crippen molar-refractivity contribution < 1.29 is 13.5 Å². The van der Waals surface area contributed by atoms with Gasteiger partial charge in [0, 0.05) is 12.2 Å². The highest BCUT2D eigenvalue weighted by molar-refractivity contribution is 5.30. The molecule has 0 radical (unpaired) electrons. The van der Waals surface area contributed by atoms with Crippen molar-refractivity contribution in [1.82, 2.24) is 5.32 Å². The molecule has 2 rings (SSSR count). The molecule has 1 heterocycles. The molecule has 2 unspecified atom stereocenters. The van der Waals surface area contributed by atoms with Crippen molar-refractivity contribution in [3.63, 3.8) is 0 Å². The highest BCUT2D eigenvalue weighted by atomic mass is 19.1. The van der Waals surface area contributed by atoms with Gasteiger partial charge in [-0.05, 0) is 50.8 Å². The summed E-state index contributed by atoms with van der Waals surface area (Å²) in [5, 5.41) is 3.26. The van der Waals surface area contributed by atoms with Crippen LogP contribution in [0.15, 0.2) is 12.1 Å². The molecular formula is C16H23F2NO. The second-order valence-corrected chi connectivity index (χ2v) is 5.43. The maximum atomic E-state index is 14.4. The molecule has 2 atom stereocenters. The van der Waals surface area contributed by atoms with Crippen LogP contribution in [0, 0.1) is 18.6 Å². The van der Waals surface area contributed by atoms with Crippen molar-refractivity contribution in [3.8, 4) is 0 Å². The number of hydrogen-bond donors (Lipinski definition) is 1. The Balaban J connectivity index is 2.32. The minimum absolute atomic E-state index is 0.130. The largest absolute Gasteiger partial charge is 0.376 e. The molecule has 0 aliphatic carbocycles. The van der Waals surface area contributed by atoms with Gasteiger partial charge in [-0.1, -0.05) is 13.0 Å². The molecule has 1 aliphatic heterocycles. The molecule has 1 saturated heterocycles. The lowest BCUT2D eigenvalue weighted by Gasteiger charge is -2.32. The van der Waals surface area contributed by atoms with Crippen molar-refractivity contribution in [2.45, 2.75) is 51.7 Å². The minimum Gasteiger partial charge on any atom is -0.376 e. The molecule has 0 spiro atoms. The van der Waals surface area contributed by atoms with Gasteiger partial charge in [-0.3, -0.25) is 0 Å². The van der Waals surface area contributed by atoms with Crippen LogP contribution in [0.3, 0.4) is 0 Å². The Labute approximate surface area is 119 Å². The van der Waals surface area contributed by atoms with E-state index in [1.165, 1.54) is 12.1 Å². The van der Waals surface area contributed by atoms with E-state index in [4.69, 9.17) is 4.74 Å². The first kappa shape index (κ1) is 15.4. The number of nitrogens with one attached hydrogen (secondary N) is 1. The van der Waals surface area contributed by atoms with Gasteiger partial charge in [-0.15, -0.1) is 0 Å². The summed E-state index contributed by atoms with van der Waals surface area (Å²) in [6, 6.07) is 2.42. The lowest BCUT2D eigenvalue weighted by Crippen LogP contribution is -2.37. The molecule has 1 fully saturated rings. The molecule has 1 aliphatic rings. The monoisotopic (exact) mass is 283 g/mol. The van der Waals surface area contributed by atoms with Gasteiger partial charge in [0.15, 0.2) is 0 Å². The van der Waals surface area contributed by atoms with Crippen molar-refractivity contribution in [1.29, 1.82) is 0 Å². The van der Waals surface area contributed by atoms with Crippen LogP contribution in [0.5, 0.6) is 0 Å². The van der Waals surface area contributed by atoms with Crippen LogP contribution in [-0.2, 0) is 4.74 Å². The van der Waals surface area contributed by atoms with Gasteiger partial charge in [-0.25, -0.2) is 8.78 Å². The van der Waals surface area contributed by atoms with Gasteiger partial charge < -0.3 is 10.1 Å². The van der Waals surface area contributed by atoms with E-state index in [1.807, 2.05) is 6.92 Å². The van der Waals surface area contributed by atoms with E-state index in [9.17, 15) is 8.78 Å². The van der Waals surface area contributed by atoms with Crippen LogP contribution in [0.1, 0.15) is 49.8 Å². The van der Waals surface area contributed by atoms with Crippen LogP contribution in [0.25, 0.3) is 0 Å². The third-order valence-corrected chi connectivity index (χ3v) is 3.83. The summed E-state index contributed by atoms with van der Waals surface area (Å²) in [5.74, 6) is -0.941. The molecule has 2 nitrogen and oxygen atoms in total. The Morgan fingerprint density at radius 3 is 2.80 bits per heavy atom. The Kier molecular flexibility index (Phi) is 5.49. The van der Waals surface area contributed by atoms with E-state index in [2.05, 4.69) is 5.32 Å². The summed E-state index contributed by atoms with van der Waals surface area (Å²) in [7, 11) is 0. The number of hydrogen-bond acceptors (Lipinski definition) is 2. The quantitative estimate of drug-likeness (QED) is 0.885. The van der Waals surface area contributed by atoms with Gasteiger partial charge in [-0.2, -0.15) is 0 Å². The highest BCUT2D eigenvalue weighted by Crippen LogP contribution is 2.31. The van der Waals surface area contributed by atoms with Crippen LogP contribution in [0.4, 0.5) is 8.78 Å². The first-order valence-corrected chi connectivity index (χ1v) is 7.44. The van der Waals surface area contributed by atoms with Crippen molar-refractivity contribution in [2.24, 2.45) is 0 Å². The van der Waals surface area contributed by atoms with Crippen LogP contribution < -0.4 is 5.32 Å². The Morgan fingerprint density at radius 2 is 2.15 bits per heavy atom. The van der Waals surface area contributed by atoms with Gasteiger partial charge >= 0.3 is 0 Å². The van der Waals surface area contributed by atoms with Crippen LogP contribution in [-0.4, -0.2) is 19.3 Å². The first-order valence-electron chi connectivity index (χ1n) is 7.44. The maximum absolute atomic E-state index is 14.4. The Bertz CT molecular complexity index is 444. The molecule has 1 aromatic carbocycles. The standard InChI is InChI=1S/C16H23F2NO/c1-3-9-19-16(13-6-4-5-10-20-13)14-12(17)8-7-11(2)15(14)18/h7-8,13,16,19H,3-6,9-10H2,1-2H3. The topological polar surface area (TPSA) is 21.3 Å². The number of benzene rings is 1. The lowest BCUT2D eigenvalue weighted by atomic mass is 9.93. The zero-order valence-corrected chi connectivity index (χ0v) is 12.2. The smallest absolute Gasteiger partial charge is 0.133 e. The normalized spacial score (nSPS) is 20.9. The van der Waals surface area contributed by atoms with E-state index in [1.54, 1.807) is 6.92 Å². The summed E-state index contributed by atoms with van der Waals surface area (Å²) in [4.78, 5) is 0. The summed E-state index contributed by atoms with van der Waals surface area (Å²) >= 11 is 0. The zero-order chi connectivity index (χ0) is 14.5. The molecule has 1 aromatic rings. The molecule has 1 N–H and O–H groups in total. The summed E-state index contributed by atoms with van der Waals surface area (Å²) in [5.41, 5.74) is 0.603. The molecular weight excluding hydrogens is 260 g/mol. The van der Waals surface area contributed by atoms with E-state index >= 15 is 0 Å². The number of halogens is 2. The molecule has 4 heteroatoms. The van der Waals surface area contributed by atoms with Gasteiger partial charge in [0.05, 0.1) is 12.1 Å². The van der Waals surface area contributed by atoms with Crippen molar-refractivity contribution >= 4 is 0 Å². The van der Waals surface area contributed by atoms with Crippen molar-refractivity contribution in [2.75, 3.05) is 13.2 Å².